The minimum Gasteiger partial charge on any atom is -0.342 e. The molecule has 1 amide bonds. The van der Waals surface area contributed by atoms with Crippen LogP contribution in [0.5, 0.6) is 0 Å². The molecule has 0 radical (unpaired) electrons. The van der Waals surface area contributed by atoms with Gasteiger partial charge in [-0.1, -0.05) is 39.0 Å². The highest BCUT2D eigenvalue weighted by molar-refractivity contribution is 5.78. The lowest BCUT2D eigenvalue weighted by Gasteiger charge is -2.38. The lowest BCUT2D eigenvalue weighted by Crippen LogP contribution is -2.50. The van der Waals surface area contributed by atoms with Crippen molar-refractivity contribution >= 4 is 5.91 Å². The molecule has 2 atom stereocenters. The molecule has 0 unspecified atom stereocenters. The summed E-state index contributed by atoms with van der Waals surface area (Å²) in [5, 5.41) is 3.35. The molecule has 1 saturated heterocycles. The molecule has 1 aromatic carbocycles. The zero-order valence-electron chi connectivity index (χ0n) is 14.4. The van der Waals surface area contributed by atoms with E-state index in [1.54, 1.807) is 6.07 Å². The normalized spacial score (nSPS) is 22.0. The zero-order chi connectivity index (χ0) is 17.9. The largest absolute Gasteiger partial charge is 0.416 e. The summed E-state index contributed by atoms with van der Waals surface area (Å²) in [7, 11) is 0. The highest BCUT2D eigenvalue weighted by Gasteiger charge is 2.31. The van der Waals surface area contributed by atoms with Crippen LogP contribution in [0.2, 0.25) is 0 Å². The van der Waals surface area contributed by atoms with Crippen LogP contribution in [0.25, 0.3) is 0 Å². The van der Waals surface area contributed by atoms with Gasteiger partial charge in [-0.3, -0.25) is 4.79 Å². The maximum absolute atomic E-state index is 12.8. The SMILES string of the molecule is CC(C)C(=O)N1CC[C@@H](NCc2cccc(C(F)(F)F)c2)[C@H](C)C1. The average Bonchev–Trinajstić information content (AvgIpc) is 2.52. The number of nitrogens with one attached hydrogen (secondary N) is 1. The number of carbonyl (C=O) groups excluding carboxylic acids is 1. The standard InChI is InChI=1S/C18H25F3N2O/c1-12(2)17(24)23-8-7-16(13(3)11-23)22-10-14-5-4-6-15(9-14)18(19,20)21/h4-6,9,12-13,16,22H,7-8,10-11H2,1-3H3/t13-,16-/m1/s1. The van der Waals surface area contributed by atoms with E-state index in [9.17, 15) is 18.0 Å². The Morgan fingerprint density at radius 3 is 2.67 bits per heavy atom. The Kier molecular flexibility index (Phi) is 5.91. The number of halogens is 3. The number of piperidine rings is 1. The van der Waals surface area contributed by atoms with Crippen LogP contribution in [-0.2, 0) is 17.5 Å². The van der Waals surface area contributed by atoms with Gasteiger partial charge in [0, 0.05) is 31.6 Å². The number of benzene rings is 1. The smallest absolute Gasteiger partial charge is 0.342 e. The summed E-state index contributed by atoms with van der Waals surface area (Å²) < 4.78 is 38.3. The molecule has 24 heavy (non-hydrogen) atoms. The van der Waals surface area contributed by atoms with Crippen LogP contribution >= 0.6 is 0 Å². The van der Waals surface area contributed by atoms with E-state index >= 15 is 0 Å². The molecule has 0 aromatic heterocycles. The molecule has 1 fully saturated rings. The van der Waals surface area contributed by atoms with Gasteiger partial charge in [-0.05, 0) is 24.0 Å². The zero-order valence-corrected chi connectivity index (χ0v) is 14.4. The second kappa shape index (κ2) is 7.55. The first-order chi connectivity index (χ1) is 11.2. The lowest BCUT2D eigenvalue weighted by atomic mass is 9.92. The molecule has 0 saturated carbocycles. The van der Waals surface area contributed by atoms with Gasteiger partial charge in [0.15, 0.2) is 0 Å². The van der Waals surface area contributed by atoms with Crippen molar-refractivity contribution in [1.82, 2.24) is 10.2 Å². The maximum Gasteiger partial charge on any atom is 0.416 e. The highest BCUT2D eigenvalue weighted by Crippen LogP contribution is 2.29. The second-order valence-corrected chi connectivity index (χ2v) is 6.89. The third kappa shape index (κ3) is 4.72. The Balaban J connectivity index is 1.91. The number of carbonyl (C=O) groups is 1. The fourth-order valence-corrected chi connectivity index (χ4v) is 3.12. The van der Waals surface area contributed by atoms with Gasteiger partial charge in [0.1, 0.15) is 0 Å². The molecule has 1 aliphatic heterocycles. The topological polar surface area (TPSA) is 32.3 Å². The third-order valence-electron chi connectivity index (χ3n) is 4.53. The van der Waals surface area contributed by atoms with Gasteiger partial charge in [0.25, 0.3) is 0 Å². The van der Waals surface area contributed by atoms with Crippen molar-refractivity contribution in [3.63, 3.8) is 0 Å². The summed E-state index contributed by atoms with van der Waals surface area (Å²) in [5.41, 5.74) is 0.00455. The van der Waals surface area contributed by atoms with E-state index in [1.807, 2.05) is 18.7 Å². The highest BCUT2D eigenvalue weighted by atomic mass is 19.4. The summed E-state index contributed by atoms with van der Waals surface area (Å²) in [6.07, 6.45) is -3.50. The monoisotopic (exact) mass is 342 g/mol. The van der Waals surface area contributed by atoms with Gasteiger partial charge in [-0.15, -0.1) is 0 Å². The number of alkyl halides is 3. The maximum atomic E-state index is 12.8. The molecule has 0 bridgehead atoms. The quantitative estimate of drug-likeness (QED) is 0.905. The molecular weight excluding hydrogens is 317 g/mol. The molecule has 1 aromatic rings. The molecule has 134 valence electrons. The van der Waals surface area contributed by atoms with Crippen LogP contribution in [0.15, 0.2) is 24.3 Å². The van der Waals surface area contributed by atoms with Crippen LogP contribution in [0.3, 0.4) is 0 Å². The van der Waals surface area contributed by atoms with Crippen LogP contribution in [0.1, 0.15) is 38.3 Å². The average molecular weight is 342 g/mol. The van der Waals surface area contributed by atoms with E-state index < -0.39 is 11.7 Å². The van der Waals surface area contributed by atoms with Gasteiger partial charge in [0.05, 0.1) is 5.56 Å². The number of likely N-dealkylation sites (tertiary alicyclic amines) is 1. The number of rotatable bonds is 4. The number of hydrogen-bond acceptors (Lipinski definition) is 2. The number of nitrogens with zero attached hydrogens (tertiary/aromatic N) is 1. The summed E-state index contributed by atoms with van der Waals surface area (Å²) in [6, 6.07) is 5.62. The predicted octanol–water partition coefficient (Wildman–Crippen LogP) is 3.69. The molecule has 1 heterocycles. The van der Waals surface area contributed by atoms with Crippen LogP contribution < -0.4 is 5.32 Å². The van der Waals surface area contributed by atoms with Crippen molar-refractivity contribution in [2.24, 2.45) is 11.8 Å². The first-order valence-electron chi connectivity index (χ1n) is 8.36. The number of hydrogen-bond donors (Lipinski definition) is 1. The number of amides is 1. The van der Waals surface area contributed by atoms with E-state index in [4.69, 9.17) is 0 Å². The fourth-order valence-electron chi connectivity index (χ4n) is 3.12. The minimum absolute atomic E-state index is 0.00758. The summed E-state index contributed by atoms with van der Waals surface area (Å²) >= 11 is 0. The van der Waals surface area contributed by atoms with Crippen molar-refractivity contribution in [3.8, 4) is 0 Å². The van der Waals surface area contributed by atoms with Gasteiger partial charge in [-0.2, -0.15) is 13.2 Å². The molecule has 6 heteroatoms. The van der Waals surface area contributed by atoms with Gasteiger partial charge < -0.3 is 10.2 Å². The molecule has 2 rings (SSSR count). The Morgan fingerprint density at radius 1 is 1.38 bits per heavy atom. The van der Waals surface area contributed by atoms with Crippen LogP contribution in [0, 0.1) is 11.8 Å². The van der Waals surface area contributed by atoms with Crippen molar-refractivity contribution in [1.29, 1.82) is 0 Å². The molecule has 0 aliphatic carbocycles. The van der Waals surface area contributed by atoms with E-state index in [-0.39, 0.29) is 23.8 Å². The minimum atomic E-state index is -4.31. The van der Waals surface area contributed by atoms with Crippen LogP contribution in [-0.4, -0.2) is 29.9 Å². The van der Waals surface area contributed by atoms with E-state index in [2.05, 4.69) is 12.2 Å². The van der Waals surface area contributed by atoms with Gasteiger partial charge in [-0.25, -0.2) is 0 Å². The first-order valence-corrected chi connectivity index (χ1v) is 8.36. The third-order valence-corrected chi connectivity index (χ3v) is 4.53. The molecule has 1 N–H and O–H groups in total. The Hall–Kier alpha value is -1.56. The Morgan fingerprint density at radius 2 is 2.08 bits per heavy atom. The Labute approximate surface area is 141 Å². The molecule has 0 spiro atoms. The van der Waals surface area contributed by atoms with Gasteiger partial charge >= 0.3 is 6.18 Å². The van der Waals surface area contributed by atoms with Crippen molar-refractivity contribution in [3.05, 3.63) is 35.4 Å². The van der Waals surface area contributed by atoms with E-state index in [0.29, 0.717) is 25.2 Å². The lowest BCUT2D eigenvalue weighted by molar-refractivity contribution is -0.138. The second-order valence-electron chi connectivity index (χ2n) is 6.89. The van der Waals surface area contributed by atoms with Crippen molar-refractivity contribution in [2.45, 2.75) is 46.0 Å². The van der Waals surface area contributed by atoms with Gasteiger partial charge in [0.2, 0.25) is 5.91 Å². The summed E-state index contributed by atoms with van der Waals surface area (Å²) in [5.74, 6) is 0.428. The molecular formula is C18H25F3N2O. The van der Waals surface area contributed by atoms with Crippen molar-refractivity contribution in [2.75, 3.05) is 13.1 Å². The summed E-state index contributed by atoms with van der Waals surface area (Å²) in [4.78, 5) is 13.9. The van der Waals surface area contributed by atoms with E-state index in [1.165, 1.54) is 12.1 Å². The molecule has 3 nitrogen and oxygen atoms in total. The van der Waals surface area contributed by atoms with Crippen molar-refractivity contribution < 1.29 is 18.0 Å². The first kappa shape index (κ1) is 18.8. The Bertz CT molecular complexity index is 572. The van der Waals surface area contributed by atoms with Crippen LogP contribution in [0.4, 0.5) is 13.2 Å². The summed E-state index contributed by atoms with van der Waals surface area (Å²) in [6.45, 7) is 7.65. The predicted molar refractivity (Wildman–Crippen MR) is 87.3 cm³/mol. The molecule has 1 aliphatic rings. The van der Waals surface area contributed by atoms with E-state index in [0.717, 1.165) is 12.5 Å². The fraction of sp³-hybridized carbons (Fsp3) is 0.611.